The van der Waals surface area contributed by atoms with Crippen LogP contribution in [0.3, 0.4) is 0 Å². The summed E-state index contributed by atoms with van der Waals surface area (Å²) >= 11 is 0. The van der Waals surface area contributed by atoms with Crippen LogP contribution in [-0.4, -0.2) is 4.57 Å². The number of hydrogen-bond donors (Lipinski definition) is 0. The number of nitrogens with zero attached hydrogens (tertiary/aromatic N) is 2. The van der Waals surface area contributed by atoms with Crippen molar-refractivity contribution in [3.05, 3.63) is 206 Å². The van der Waals surface area contributed by atoms with Gasteiger partial charge in [-0.3, -0.25) is 0 Å². The Labute approximate surface area is 318 Å². The van der Waals surface area contributed by atoms with E-state index in [2.05, 4.69) is 204 Å². The summed E-state index contributed by atoms with van der Waals surface area (Å²) < 4.78 is 8.78. The molecule has 9 aromatic carbocycles. The molecule has 0 fully saturated rings. The molecule has 0 N–H and O–H groups in total. The Balaban J connectivity index is 1.04. The van der Waals surface area contributed by atoms with E-state index in [1.165, 1.54) is 54.8 Å². The van der Waals surface area contributed by atoms with Crippen molar-refractivity contribution in [2.75, 3.05) is 4.90 Å². The molecule has 55 heavy (non-hydrogen) atoms. The van der Waals surface area contributed by atoms with E-state index in [0.29, 0.717) is 0 Å². The van der Waals surface area contributed by atoms with Crippen LogP contribution in [0.25, 0.3) is 82.5 Å². The molecule has 0 saturated carbocycles. The second-order valence-electron chi connectivity index (χ2n) is 14.2. The normalized spacial score (nSPS) is 11.6. The molecule has 0 atom stereocenters. The van der Waals surface area contributed by atoms with Gasteiger partial charge in [0.15, 0.2) is 0 Å². The van der Waals surface area contributed by atoms with Gasteiger partial charge >= 0.3 is 0 Å². The highest BCUT2D eigenvalue weighted by Gasteiger charge is 2.19. The minimum atomic E-state index is 0.871. The molecule has 11 aromatic rings. The first-order chi connectivity index (χ1) is 27.3. The number of furan rings is 1. The summed E-state index contributed by atoms with van der Waals surface area (Å²) in [7, 11) is 0. The lowest BCUT2D eigenvalue weighted by Crippen LogP contribution is -2.09. The van der Waals surface area contributed by atoms with Gasteiger partial charge in [0.25, 0.3) is 0 Å². The second-order valence-corrected chi connectivity index (χ2v) is 14.2. The lowest BCUT2D eigenvalue weighted by atomic mass is 9.99. The van der Waals surface area contributed by atoms with Gasteiger partial charge in [-0.25, -0.2) is 0 Å². The first-order valence-corrected chi connectivity index (χ1v) is 18.8. The number of hydrogen-bond acceptors (Lipinski definition) is 2. The summed E-state index contributed by atoms with van der Waals surface area (Å²) in [6, 6.07) is 73.9. The lowest BCUT2D eigenvalue weighted by molar-refractivity contribution is 0.669. The van der Waals surface area contributed by atoms with E-state index in [9.17, 15) is 0 Å². The van der Waals surface area contributed by atoms with Crippen molar-refractivity contribution < 1.29 is 4.42 Å². The Morgan fingerprint density at radius 2 is 0.982 bits per heavy atom. The summed E-state index contributed by atoms with van der Waals surface area (Å²) in [6.07, 6.45) is 0. The van der Waals surface area contributed by atoms with Crippen LogP contribution in [0.2, 0.25) is 0 Å². The molecule has 0 radical (unpaired) electrons. The van der Waals surface area contributed by atoms with Crippen LogP contribution in [0.5, 0.6) is 0 Å². The molecule has 0 aliphatic rings. The Hall–Kier alpha value is -7.36. The zero-order chi connectivity index (χ0) is 36.3. The largest absolute Gasteiger partial charge is 0.456 e. The average molecular weight is 703 g/mol. The predicted molar refractivity (Wildman–Crippen MR) is 231 cm³/mol. The van der Waals surface area contributed by atoms with E-state index in [1.807, 2.05) is 12.1 Å². The first kappa shape index (κ1) is 31.2. The molecule has 0 spiro atoms. The van der Waals surface area contributed by atoms with Crippen molar-refractivity contribution in [1.82, 2.24) is 4.57 Å². The van der Waals surface area contributed by atoms with E-state index in [4.69, 9.17) is 4.42 Å². The van der Waals surface area contributed by atoms with Gasteiger partial charge in [-0.1, -0.05) is 133 Å². The summed E-state index contributed by atoms with van der Waals surface area (Å²) in [5, 5.41) is 7.21. The van der Waals surface area contributed by atoms with Crippen LogP contribution in [0.4, 0.5) is 17.1 Å². The smallest absolute Gasteiger partial charge is 0.137 e. The molecule has 0 bridgehead atoms. The van der Waals surface area contributed by atoms with E-state index < -0.39 is 0 Å². The van der Waals surface area contributed by atoms with Crippen molar-refractivity contribution in [3.63, 3.8) is 0 Å². The number of anilines is 3. The highest BCUT2D eigenvalue weighted by Crippen LogP contribution is 2.42. The highest BCUT2D eigenvalue weighted by atomic mass is 16.3. The molecule has 3 nitrogen and oxygen atoms in total. The zero-order valence-corrected chi connectivity index (χ0v) is 29.9. The minimum Gasteiger partial charge on any atom is -0.456 e. The third-order valence-electron chi connectivity index (χ3n) is 11.0. The molecule has 0 amide bonds. The average Bonchev–Trinajstić information content (AvgIpc) is 3.80. The maximum Gasteiger partial charge on any atom is 0.137 e. The predicted octanol–water partition coefficient (Wildman–Crippen LogP) is 14.6. The number of fused-ring (bicyclic) bond motifs is 7. The molecule has 3 heteroatoms. The van der Waals surface area contributed by atoms with Crippen LogP contribution in [0.15, 0.2) is 211 Å². The Bertz CT molecular complexity index is 3190. The van der Waals surface area contributed by atoms with Gasteiger partial charge in [-0.05, 0) is 99.8 Å². The monoisotopic (exact) mass is 702 g/mol. The van der Waals surface area contributed by atoms with Crippen LogP contribution < -0.4 is 4.90 Å². The fraction of sp³-hybridized carbons (Fsp3) is 0. The quantitative estimate of drug-likeness (QED) is 0.172. The summed E-state index contributed by atoms with van der Waals surface area (Å²) in [4.78, 5) is 2.32. The van der Waals surface area contributed by atoms with Crippen LogP contribution in [0, 0.1) is 0 Å². The Morgan fingerprint density at radius 3 is 1.80 bits per heavy atom. The van der Waals surface area contributed by atoms with E-state index in [-0.39, 0.29) is 0 Å². The molecular weight excluding hydrogens is 669 g/mol. The topological polar surface area (TPSA) is 21.3 Å². The van der Waals surface area contributed by atoms with Crippen LogP contribution >= 0.6 is 0 Å². The summed E-state index contributed by atoms with van der Waals surface area (Å²) in [6.45, 7) is 0. The van der Waals surface area contributed by atoms with Crippen molar-refractivity contribution in [2.24, 2.45) is 0 Å². The first-order valence-electron chi connectivity index (χ1n) is 18.8. The fourth-order valence-corrected chi connectivity index (χ4v) is 8.38. The minimum absolute atomic E-state index is 0.871. The molecule has 2 aromatic heterocycles. The summed E-state index contributed by atoms with van der Waals surface area (Å²) in [5.41, 5.74) is 13.3. The van der Waals surface area contributed by atoms with E-state index in [0.717, 1.165) is 44.7 Å². The van der Waals surface area contributed by atoms with Crippen LogP contribution in [-0.2, 0) is 0 Å². The van der Waals surface area contributed by atoms with Gasteiger partial charge < -0.3 is 13.9 Å². The molecule has 2 heterocycles. The maximum atomic E-state index is 6.37. The standard InChI is InChI=1S/C52H34N2O/c1-2-11-35(12-3-1)37-21-26-40(27-22-37)53(43-31-32-46-45-15-7-9-20-50(45)55-51(46)34-43)41-28-24-38(25-29-41)44-17-10-19-49-52(44)47-16-6-8-18-48(47)54(49)42-30-23-36-13-4-5-14-39(36)33-42/h1-34H. The van der Waals surface area contributed by atoms with Crippen LogP contribution in [0.1, 0.15) is 0 Å². The van der Waals surface area contributed by atoms with Gasteiger partial charge in [0.2, 0.25) is 0 Å². The van der Waals surface area contributed by atoms with Crippen molar-refractivity contribution in [2.45, 2.75) is 0 Å². The lowest BCUT2D eigenvalue weighted by Gasteiger charge is -2.26. The van der Waals surface area contributed by atoms with Gasteiger partial charge in [0, 0.05) is 50.4 Å². The number of rotatable bonds is 6. The maximum absolute atomic E-state index is 6.37. The van der Waals surface area contributed by atoms with Crippen molar-refractivity contribution >= 4 is 71.6 Å². The van der Waals surface area contributed by atoms with Gasteiger partial charge in [0.1, 0.15) is 11.2 Å². The highest BCUT2D eigenvalue weighted by molar-refractivity contribution is 6.16. The Morgan fingerprint density at radius 1 is 0.364 bits per heavy atom. The van der Waals surface area contributed by atoms with Crippen molar-refractivity contribution in [1.29, 1.82) is 0 Å². The third kappa shape index (κ3) is 5.20. The van der Waals surface area contributed by atoms with Crippen molar-refractivity contribution in [3.8, 4) is 27.9 Å². The molecule has 0 unspecified atom stereocenters. The number of aromatic nitrogens is 1. The number of benzene rings is 9. The van der Waals surface area contributed by atoms with Gasteiger partial charge in [0.05, 0.1) is 11.0 Å². The van der Waals surface area contributed by atoms with Gasteiger partial charge in [-0.2, -0.15) is 0 Å². The zero-order valence-electron chi connectivity index (χ0n) is 29.9. The SMILES string of the molecule is c1ccc(-c2ccc(N(c3ccc(-c4cccc5c4c4ccccc4n5-c4ccc5ccccc5c4)cc3)c3ccc4c(c3)oc3ccccc34)cc2)cc1. The molecule has 11 rings (SSSR count). The molecule has 0 aliphatic heterocycles. The molecule has 0 saturated heterocycles. The van der Waals surface area contributed by atoms with E-state index in [1.54, 1.807) is 0 Å². The third-order valence-corrected chi connectivity index (χ3v) is 11.0. The summed E-state index contributed by atoms with van der Waals surface area (Å²) in [5.74, 6) is 0. The molecule has 258 valence electrons. The number of para-hydroxylation sites is 2. The second kappa shape index (κ2) is 12.6. The van der Waals surface area contributed by atoms with E-state index >= 15 is 0 Å². The molecule has 0 aliphatic carbocycles. The fourth-order valence-electron chi connectivity index (χ4n) is 8.38. The molecular formula is C52H34N2O. The Kier molecular flexibility index (Phi) is 7.17. The van der Waals surface area contributed by atoms with Gasteiger partial charge in [-0.15, -0.1) is 0 Å².